The number of fused-ring (bicyclic) bond motifs is 2. The number of imidazole rings is 1. The molecule has 11 nitrogen and oxygen atoms in total. The van der Waals surface area contributed by atoms with Crippen LogP contribution in [0.3, 0.4) is 0 Å². The minimum absolute atomic E-state index is 0.0930. The zero-order valence-electron chi connectivity index (χ0n) is 25.6. The van der Waals surface area contributed by atoms with Gasteiger partial charge in [0.15, 0.2) is 5.65 Å². The minimum atomic E-state index is -4.53. The standard InChI is InChI=1S/C17H17N7.C15H19F3N2O2/c1-19-12-4-5-13(23-7-6-20-16(12)23)11-8-24(10-2-3-10)17-14(11)15(18)21-9-22-17;1-2-20-7-5-12(6-8-20)22-14-4-3-11(19-10-21)9-13(14)15(16,17)18/h4-10,19H,2-3H2,1H3,(H2,18,21,22);3-4,9-10,12H,2,5-8H2,1H3,(H,19,21). The molecule has 1 aliphatic heterocycles. The number of nitrogens with zero attached hydrogens (tertiary/aromatic N) is 6. The molecule has 242 valence electrons. The molecule has 7 rings (SSSR count). The van der Waals surface area contributed by atoms with Gasteiger partial charge < -0.3 is 30.6 Å². The second-order valence-electron chi connectivity index (χ2n) is 11.4. The van der Waals surface area contributed by atoms with Crippen molar-refractivity contribution in [1.29, 1.82) is 0 Å². The summed E-state index contributed by atoms with van der Waals surface area (Å²) in [6, 6.07) is 8.20. The van der Waals surface area contributed by atoms with Gasteiger partial charge in [0, 0.05) is 56.0 Å². The van der Waals surface area contributed by atoms with Crippen molar-refractivity contribution >= 4 is 40.3 Å². The number of halogens is 3. The van der Waals surface area contributed by atoms with Gasteiger partial charge in [-0.15, -0.1) is 0 Å². The number of nitrogen functional groups attached to an aromatic ring is 1. The number of ether oxygens (including phenoxy) is 1. The average molecular weight is 636 g/mol. The Balaban J connectivity index is 0.000000163. The normalized spacial score (nSPS) is 15.8. The van der Waals surface area contributed by atoms with Gasteiger partial charge in [-0.1, -0.05) is 6.92 Å². The Morgan fingerprint density at radius 1 is 1.07 bits per heavy atom. The van der Waals surface area contributed by atoms with Crippen LogP contribution < -0.4 is 21.1 Å². The van der Waals surface area contributed by atoms with Gasteiger partial charge in [0.05, 0.1) is 22.3 Å². The molecule has 1 amide bonds. The molecule has 1 saturated heterocycles. The molecule has 0 atom stereocenters. The first-order valence-corrected chi connectivity index (χ1v) is 15.3. The first kappa shape index (κ1) is 31.1. The third kappa shape index (κ3) is 6.29. The Hall–Kier alpha value is -4.85. The highest BCUT2D eigenvalue weighted by molar-refractivity contribution is 6.00. The first-order chi connectivity index (χ1) is 22.2. The van der Waals surface area contributed by atoms with Crippen molar-refractivity contribution in [2.75, 3.05) is 43.0 Å². The van der Waals surface area contributed by atoms with Crippen LogP contribution in [0.4, 0.5) is 30.4 Å². The molecule has 4 aromatic heterocycles. The summed E-state index contributed by atoms with van der Waals surface area (Å²) in [5.74, 6) is 0.333. The molecule has 46 heavy (non-hydrogen) atoms. The smallest absolute Gasteiger partial charge is 0.420 e. The lowest BCUT2D eigenvalue weighted by atomic mass is 10.1. The Kier molecular flexibility index (Phi) is 8.71. The summed E-state index contributed by atoms with van der Waals surface area (Å²) in [7, 11) is 1.90. The fourth-order valence-electron chi connectivity index (χ4n) is 5.90. The van der Waals surface area contributed by atoms with Gasteiger partial charge in [0.1, 0.15) is 29.6 Å². The number of aromatic nitrogens is 5. The molecule has 0 radical (unpaired) electrons. The lowest BCUT2D eigenvalue weighted by Crippen LogP contribution is -2.38. The first-order valence-electron chi connectivity index (χ1n) is 15.3. The lowest BCUT2D eigenvalue weighted by Gasteiger charge is -2.31. The number of carbonyl (C=O) groups is 1. The number of rotatable bonds is 8. The van der Waals surface area contributed by atoms with Crippen LogP contribution in [0.15, 0.2) is 55.2 Å². The van der Waals surface area contributed by atoms with E-state index in [2.05, 4.69) is 58.6 Å². The third-order valence-electron chi connectivity index (χ3n) is 8.46. The molecule has 14 heteroatoms. The highest BCUT2D eigenvalue weighted by Crippen LogP contribution is 2.42. The summed E-state index contributed by atoms with van der Waals surface area (Å²) in [5, 5.41) is 6.31. The maximum absolute atomic E-state index is 13.1. The van der Waals surface area contributed by atoms with Crippen LogP contribution in [0.5, 0.6) is 5.75 Å². The van der Waals surface area contributed by atoms with Gasteiger partial charge >= 0.3 is 6.18 Å². The summed E-state index contributed by atoms with van der Waals surface area (Å²) in [6.45, 7) is 4.65. The predicted octanol–water partition coefficient (Wildman–Crippen LogP) is 5.84. The van der Waals surface area contributed by atoms with Gasteiger partial charge in [0.2, 0.25) is 6.41 Å². The van der Waals surface area contributed by atoms with Crippen LogP contribution in [0, 0.1) is 0 Å². The van der Waals surface area contributed by atoms with Gasteiger partial charge in [0.25, 0.3) is 0 Å². The molecular weight excluding hydrogens is 599 g/mol. The molecule has 4 N–H and O–H groups in total. The fraction of sp³-hybridized carbons (Fsp3) is 0.375. The van der Waals surface area contributed by atoms with Gasteiger partial charge in [-0.3, -0.25) is 9.20 Å². The minimum Gasteiger partial charge on any atom is -0.490 e. The number of hydrogen-bond acceptors (Lipinski definition) is 8. The molecule has 0 spiro atoms. The molecule has 1 aromatic carbocycles. The van der Waals surface area contributed by atoms with E-state index in [4.69, 9.17) is 10.5 Å². The van der Waals surface area contributed by atoms with Crippen molar-refractivity contribution in [1.82, 2.24) is 28.8 Å². The molecule has 2 fully saturated rings. The Bertz CT molecular complexity index is 1840. The highest BCUT2D eigenvalue weighted by Gasteiger charge is 2.36. The Morgan fingerprint density at radius 2 is 1.85 bits per heavy atom. The van der Waals surface area contributed by atoms with E-state index in [0.717, 1.165) is 59.3 Å². The topological polar surface area (TPSA) is 128 Å². The molecule has 0 unspecified atom stereocenters. The molecule has 1 saturated carbocycles. The van der Waals surface area contributed by atoms with E-state index in [9.17, 15) is 18.0 Å². The average Bonchev–Trinajstić information content (AvgIpc) is 3.63. The summed E-state index contributed by atoms with van der Waals surface area (Å²) in [4.78, 5) is 25.8. The molecular formula is C32H36F3N9O2. The largest absolute Gasteiger partial charge is 0.490 e. The number of pyridine rings is 1. The Labute approximate surface area is 263 Å². The number of nitrogens with two attached hydrogens (primary N) is 1. The molecule has 2 aliphatic rings. The second kappa shape index (κ2) is 12.9. The summed E-state index contributed by atoms with van der Waals surface area (Å²) in [5.41, 5.74) is 10.3. The number of nitrogens with one attached hydrogen (secondary N) is 2. The van der Waals surface area contributed by atoms with Gasteiger partial charge in [-0.05, 0) is 62.6 Å². The quantitative estimate of drug-likeness (QED) is 0.182. The lowest BCUT2D eigenvalue weighted by molar-refractivity contribution is -0.139. The van der Waals surface area contributed by atoms with E-state index in [0.29, 0.717) is 31.1 Å². The summed E-state index contributed by atoms with van der Waals surface area (Å²) < 4.78 is 49.3. The Morgan fingerprint density at radius 3 is 2.52 bits per heavy atom. The maximum Gasteiger partial charge on any atom is 0.420 e. The van der Waals surface area contributed by atoms with Gasteiger partial charge in [-0.2, -0.15) is 13.2 Å². The van der Waals surface area contributed by atoms with E-state index in [1.54, 1.807) is 6.20 Å². The molecule has 0 bridgehead atoms. The van der Waals surface area contributed by atoms with Crippen molar-refractivity contribution in [3.63, 3.8) is 0 Å². The van der Waals surface area contributed by atoms with Crippen molar-refractivity contribution in [2.24, 2.45) is 0 Å². The predicted molar refractivity (Wildman–Crippen MR) is 171 cm³/mol. The zero-order chi connectivity index (χ0) is 32.4. The SMILES string of the molecule is CCN1CCC(Oc2ccc(NC=O)cc2C(F)(F)F)CC1.CNc1ccc(-c2cn(C3CC3)c3ncnc(N)c23)n2ccnc12. The van der Waals surface area contributed by atoms with E-state index < -0.39 is 11.7 Å². The van der Waals surface area contributed by atoms with Crippen molar-refractivity contribution in [3.05, 3.63) is 60.8 Å². The number of hydrogen-bond donors (Lipinski definition) is 3. The highest BCUT2D eigenvalue weighted by atomic mass is 19.4. The fourth-order valence-corrected chi connectivity index (χ4v) is 5.90. The number of piperidine rings is 1. The van der Waals surface area contributed by atoms with Crippen LogP contribution in [-0.4, -0.2) is 68.0 Å². The van der Waals surface area contributed by atoms with E-state index in [-0.39, 0.29) is 17.5 Å². The van der Waals surface area contributed by atoms with E-state index >= 15 is 0 Å². The molecule has 5 heterocycles. The summed E-state index contributed by atoms with van der Waals surface area (Å²) in [6.07, 6.45) is 6.85. The number of benzene rings is 1. The number of alkyl halides is 3. The number of carbonyl (C=O) groups excluding carboxylic acids is 1. The van der Waals surface area contributed by atoms with Crippen LogP contribution in [0.2, 0.25) is 0 Å². The zero-order valence-corrected chi connectivity index (χ0v) is 25.6. The van der Waals surface area contributed by atoms with Crippen LogP contribution in [0.1, 0.15) is 44.2 Å². The monoisotopic (exact) mass is 635 g/mol. The van der Waals surface area contributed by atoms with Crippen molar-refractivity contribution < 1.29 is 22.7 Å². The van der Waals surface area contributed by atoms with E-state index in [1.165, 1.54) is 31.3 Å². The summed E-state index contributed by atoms with van der Waals surface area (Å²) >= 11 is 0. The maximum atomic E-state index is 13.1. The number of anilines is 3. The van der Waals surface area contributed by atoms with Crippen LogP contribution in [0.25, 0.3) is 27.9 Å². The van der Waals surface area contributed by atoms with E-state index in [1.807, 2.05) is 19.3 Å². The van der Waals surface area contributed by atoms with Crippen LogP contribution in [-0.2, 0) is 11.0 Å². The third-order valence-corrected chi connectivity index (χ3v) is 8.46. The second-order valence-corrected chi connectivity index (χ2v) is 11.4. The van der Waals surface area contributed by atoms with Crippen molar-refractivity contribution in [3.8, 4) is 17.0 Å². The molecule has 1 aliphatic carbocycles. The number of likely N-dealkylation sites (tertiary alicyclic amines) is 1. The number of amides is 1. The van der Waals surface area contributed by atoms with Crippen LogP contribution >= 0.6 is 0 Å². The molecule has 5 aromatic rings. The van der Waals surface area contributed by atoms with Gasteiger partial charge in [-0.25, -0.2) is 15.0 Å². The van der Waals surface area contributed by atoms with Crippen molar-refractivity contribution in [2.45, 2.75) is 50.9 Å².